The van der Waals surface area contributed by atoms with E-state index in [1.54, 1.807) is 12.4 Å². The summed E-state index contributed by atoms with van der Waals surface area (Å²) in [5.41, 5.74) is 9.75. The normalized spacial score (nSPS) is 12.0. The van der Waals surface area contributed by atoms with E-state index in [2.05, 4.69) is 53.7 Å². The van der Waals surface area contributed by atoms with Crippen molar-refractivity contribution in [2.45, 2.75) is 32.9 Å². The molecule has 0 bridgehead atoms. The molecular formula is C16H19N5. The van der Waals surface area contributed by atoms with E-state index in [1.165, 1.54) is 0 Å². The Labute approximate surface area is 123 Å². The summed E-state index contributed by atoms with van der Waals surface area (Å²) in [7, 11) is 0. The highest BCUT2D eigenvalue weighted by molar-refractivity contribution is 5.81. The van der Waals surface area contributed by atoms with Gasteiger partial charge in [-0.05, 0) is 44.5 Å². The van der Waals surface area contributed by atoms with E-state index in [4.69, 9.17) is 10.7 Å². The summed E-state index contributed by atoms with van der Waals surface area (Å²) in [6.07, 6.45) is 3.43. The van der Waals surface area contributed by atoms with Gasteiger partial charge in [-0.15, -0.1) is 0 Å². The molecule has 0 atom stereocenters. The van der Waals surface area contributed by atoms with E-state index in [0.29, 0.717) is 6.54 Å². The van der Waals surface area contributed by atoms with Crippen LogP contribution in [0.1, 0.15) is 26.3 Å². The van der Waals surface area contributed by atoms with Crippen LogP contribution < -0.4 is 5.73 Å². The quantitative estimate of drug-likeness (QED) is 0.784. The predicted molar refractivity (Wildman–Crippen MR) is 83.6 cm³/mol. The minimum Gasteiger partial charge on any atom is -0.326 e. The highest BCUT2D eigenvalue weighted by Crippen LogP contribution is 2.31. The molecule has 0 spiro atoms. The Bertz CT molecular complexity index is 768. The first-order valence-electron chi connectivity index (χ1n) is 6.99. The number of nitrogens with zero attached hydrogens (tertiary/aromatic N) is 4. The van der Waals surface area contributed by atoms with Gasteiger partial charge in [0.25, 0.3) is 0 Å². The maximum atomic E-state index is 5.73. The van der Waals surface area contributed by atoms with E-state index in [-0.39, 0.29) is 5.54 Å². The van der Waals surface area contributed by atoms with Gasteiger partial charge in [0.2, 0.25) is 0 Å². The summed E-state index contributed by atoms with van der Waals surface area (Å²) < 4.78 is 2.24. The number of nitrogens with two attached hydrogens (primary N) is 1. The van der Waals surface area contributed by atoms with E-state index in [1.807, 2.05) is 6.07 Å². The molecule has 0 saturated heterocycles. The highest BCUT2D eigenvalue weighted by Gasteiger charge is 2.22. The molecule has 0 amide bonds. The Morgan fingerprint density at radius 3 is 2.57 bits per heavy atom. The fourth-order valence-corrected chi connectivity index (χ4v) is 2.55. The van der Waals surface area contributed by atoms with Crippen molar-refractivity contribution < 1.29 is 0 Å². The molecule has 0 aliphatic heterocycles. The lowest BCUT2D eigenvalue weighted by molar-refractivity contribution is 0.413. The summed E-state index contributed by atoms with van der Waals surface area (Å²) >= 11 is 0. The topological polar surface area (TPSA) is 69.6 Å². The molecule has 0 aliphatic rings. The van der Waals surface area contributed by atoms with E-state index >= 15 is 0 Å². The number of hydrogen-bond donors (Lipinski definition) is 1. The summed E-state index contributed by atoms with van der Waals surface area (Å²) in [6, 6.07) is 8.13. The average Bonchev–Trinajstić information content (AvgIpc) is 2.86. The maximum Gasteiger partial charge on any atom is 0.143 e. The smallest absolute Gasteiger partial charge is 0.143 e. The molecule has 5 heteroatoms. The van der Waals surface area contributed by atoms with Crippen molar-refractivity contribution >= 4 is 11.0 Å². The molecule has 0 fully saturated rings. The van der Waals surface area contributed by atoms with Gasteiger partial charge in [-0.25, -0.2) is 4.98 Å². The van der Waals surface area contributed by atoms with Crippen LogP contribution in [-0.2, 0) is 12.1 Å². The van der Waals surface area contributed by atoms with Gasteiger partial charge < -0.3 is 10.3 Å². The third kappa shape index (κ3) is 2.40. The number of aromatic nitrogens is 4. The molecule has 2 aromatic heterocycles. The summed E-state index contributed by atoms with van der Waals surface area (Å²) in [6.45, 7) is 7.03. The van der Waals surface area contributed by atoms with Gasteiger partial charge >= 0.3 is 0 Å². The van der Waals surface area contributed by atoms with E-state index < -0.39 is 0 Å². The first kappa shape index (κ1) is 13.7. The lowest BCUT2D eigenvalue weighted by atomic mass is 10.1. The second-order valence-corrected chi connectivity index (χ2v) is 6.10. The van der Waals surface area contributed by atoms with Gasteiger partial charge in [0.1, 0.15) is 5.82 Å². The molecule has 0 unspecified atom stereocenters. The Balaban J connectivity index is 2.33. The molecule has 21 heavy (non-hydrogen) atoms. The Morgan fingerprint density at radius 2 is 1.95 bits per heavy atom. The Kier molecular flexibility index (Phi) is 3.22. The molecule has 0 radical (unpaired) electrons. The lowest BCUT2D eigenvalue weighted by Gasteiger charge is -2.24. The zero-order chi connectivity index (χ0) is 15.0. The zero-order valence-electron chi connectivity index (χ0n) is 12.5. The highest BCUT2D eigenvalue weighted by atomic mass is 15.1. The van der Waals surface area contributed by atoms with Crippen LogP contribution in [0.2, 0.25) is 0 Å². The Morgan fingerprint density at radius 1 is 1.14 bits per heavy atom. The molecule has 108 valence electrons. The molecule has 3 rings (SSSR count). The van der Waals surface area contributed by atoms with Gasteiger partial charge in [-0.2, -0.15) is 10.2 Å². The molecule has 2 heterocycles. The zero-order valence-corrected chi connectivity index (χ0v) is 12.5. The third-order valence-electron chi connectivity index (χ3n) is 3.47. The van der Waals surface area contributed by atoms with Gasteiger partial charge in [-0.1, -0.05) is 6.07 Å². The minimum absolute atomic E-state index is 0.0857. The van der Waals surface area contributed by atoms with Crippen LogP contribution in [0.25, 0.3) is 22.4 Å². The van der Waals surface area contributed by atoms with Crippen LogP contribution in [0.5, 0.6) is 0 Å². The molecular weight excluding hydrogens is 262 g/mol. The van der Waals surface area contributed by atoms with Crippen LogP contribution in [0.3, 0.4) is 0 Å². The van der Waals surface area contributed by atoms with Gasteiger partial charge in [-0.3, -0.25) is 0 Å². The second-order valence-electron chi connectivity index (χ2n) is 6.10. The van der Waals surface area contributed by atoms with Crippen molar-refractivity contribution in [2.24, 2.45) is 5.73 Å². The van der Waals surface area contributed by atoms with Crippen molar-refractivity contribution in [3.63, 3.8) is 0 Å². The summed E-state index contributed by atoms with van der Waals surface area (Å²) in [5, 5.41) is 7.81. The standard InChI is InChI=1S/C16H19N5/c1-16(2,3)21-14-5-4-11(9-17)8-13(14)20-15(21)12-6-7-18-19-10-12/h4-8,10H,9,17H2,1-3H3. The van der Waals surface area contributed by atoms with E-state index in [0.717, 1.165) is 28.0 Å². The minimum atomic E-state index is -0.0857. The largest absolute Gasteiger partial charge is 0.326 e. The third-order valence-corrected chi connectivity index (χ3v) is 3.47. The maximum absolute atomic E-state index is 5.73. The average molecular weight is 281 g/mol. The fraction of sp³-hybridized carbons (Fsp3) is 0.312. The van der Waals surface area contributed by atoms with Crippen LogP contribution in [0, 0.1) is 0 Å². The number of imidazole rings is 1. The molecule has 2 N–H and O–H groups in total. The predicted octanol–water partition coefficient (Wildman–Crippen LogP) is 2.71. The number of rotatable bonds is 2. The van der Waals surface area contributed by atoms with Crippen molar-refractivity contribution in [1.82, 2.24) is 19.7 Å². The van der Waals surface area contributed by atoms with Crippen LogP contribution in [-0.4, -0.2) is 19.7 Å². The fourth-order valence-electron chi connectivity index (χ4n) is 2.55. The van der Waals surface area contributed by atoms with Gasteiger partial charge in [0.15, 0.2) is 0 Å². The number of hydrogen-bond acceptors (Lipinski definition) is 4. The van der Waals surface area contributed by atoms with Crippen molar-refractivity contribution in [2.75, 3.05) is 0 Å². The van der Waals surface area contributed by atoms with Crippen molar-refractivity contribution in [3.05, 3.63) is 42.2 Å². The molecule has 5 nitrogen and oxygen atoms in total. The van der Waals surface area contributed by atoms with Crippen molar-refractivity contribution in [3.8, 4) is 11.4 Å². The van der Waals surface area contributed by atoms with E-state index in [9.17, 15) is 0 Å². The van der Waals surface area contributed by atoms with Crippen molar-refractivity contribution in [1.29, 1.82) is 0 Å². The number of benzene rings is 1. The Hall–Kier alpha value is -2.27. The van der Waals surface area contributed by atoms with Crippen LogP contribution in [0.15, 0.2) is 36.7 Å². The molecule has 3 aromatic rings. The van der Waals surface area contributed by atoms with Gasteiger partial charge in [0.05, 0.1) is 23.4 Å². The van der Waals surface area contributed by atoms with Gasteiger partial charge in [0, 0.05) is 17.6 Å². The SMILES string of the molecule is CC(C)(C)n1c(-c2ccnnc2)nc2cc(CN)ccc21. The molecule has 0 aliphatic carbocycles. The summed E-state index contributed by atoms with van der Waals surface area (Å²) in [5.74, 6) is 0.904. The lowest BCUT2D eigenvalue weighted by Crippen LogP contribution is -2.22. The van der Waals surface area contributed by atoms with Crippen LogP contribution >= 0.6 is 0 Å². The number of fused-ring (bicyclic) bond motifs is 1. The summed E-state index contributed by atoms with van der Waals surface area (Å²) in [4.78, 5) is 4.80. The first-order valence-corrected chi connectivity index (χ1v) is 6.99. The second kappa shape index (κ2) is 4.93. The first-order chi connectivity index (χ1) is 10.0. The molecule has 0 saturated carbocycles. The molecule has 1 aromatic carbocycles. The monoisotopic (exact) mass is 281 g/mol. The van der Waals surface area contributed by atoms with Crippen LogP contribution in [0.4, 0.5) is 0 Å².